The molecule has 5 nitrogen and oxygen atoms in total. The zero-order chi connectivity index (χ0) is 42.7. The molecule has 0 saturated carbocycles. The molecular weight excluding hydrogens is 717 g/mol. The second-order valence-electron chi connectivity index (χ2n) is 13.9. The standard InChI is InChI=1S/C51H30N4OS/c1-2-14-31(15-3-1)49-52-50(54-51(53-49)40-23-13-22-39-36-19-7-11-27-46(36)57-48(39)40)32-28-29-44(55-42-24-8-4-16-33(42)34-17-5-9-25-43(34)55)41(30-32)38-21-12-20-37-35-18-6-10-26-45(35)56-47(37)38/h1-30H/i4D,5D,16D,17D,24D,25D. The van der Waals surface area contributed by atoms with Crippen LogP contribution < -0.4 is 0 Å². The number of nitrogens with zero attached hydrogens (tertiary/aromatic N) is 4. The van der Waals surface area contributed by atoms with E-state index in [1.165, 1.54) is 22.2 Å². The Balaban J connectivity index is 1.18. The van der Waals surface area contributed by atoms with E-state index >= 15 is 0 Å². The lowest BCUT2D eigenvalue weighted by atomic mass is 9.98. The number of aromatic nitrogens is 4. The summed E-state index contributed by atoms with van der Waals surface area (Å²) in [7, 11) is 0. The number of benzene rings is 8. The normalized spacial score (nSPS) is 13.3. The quantitative estimate of drug-likeness (QED) is 0.176. The van der Waals surface area contributed by atoms with E-state index in [2.05, 4.69) is 24.3 Å². The second-order valence-corrected chi connectivity index (χ2v) is 14.9. The van der Waals surface area contributed by atoms with Crippen molar-refractivity contribution in [3.63, 3.8) is 0 Å². The summed E-state index contributed by atoms with van der Waals surface area (Å²) in [6, 6.07) is 45.8. The molecule has 0 aliphatic rings. The molecule has 6 heteroatoms. The van der Waals surface area contributed by atoms with Gasteiger partial charge in [0.2, 0.25) is 0 Å². The summed E-state index contributed by atoms with van der Waals surface area (Å²) in [6.07, 6.45) is 0. The van der Waals surface area contributed by atoms with E-state index in [0.717, 1.165) is 32.0 Å². The minimum absolute atomic E-state index is 0.0467. The number of rotatable bonds is 5. The van der Waals surface area contributed by atoms with Gasteiger partial charge in [0.05, 0.1) is 24.9 Å². The van der Waals surface area contributed by atoms with Gasteiger partial charge in [-0.3, -0.25) is 0 Å². The monoisotopic (exact) mass is 752 g/mol. The third-order valence-corrected chi connectivity index (χ3v) is 11.8. The Hall–Kier alpha value is -7.41. The predicted molar refractivity (Wildman–Crippen MR) is 236 cm³/mol. The van der Waals surface area contributed by atoms with Crippen LogP contribution >= 0.6 is 11.3 Å². The Morgan fingerprint density at radius 2 is 1.12 bits per heavy atom. The van der Waals surface area contributed by atoms with Crippen LogP contribution in [-0.2, 0) is 0 Å². The molecule has 0 bridgehead atoms. The van der Waals surface area contributed by atoms with Crippen LogP contribution in [0, 0.1) is 0 Å². The highest BCUT2D eigenvalue weighted by molar-refractivity contribution is 7.26. The Kier molecular flexibility index (Phi) is 5.82. The number of fused-ring (bicyclic) bond motifs is 9. The summed E-state index contributed by atoms with van der Waals surface area (Å²) >= 11 is 1.70. The van der Waals surface area contributed by atoms with Crippen LogP contribution in [0.5, 0.6) is 0 Å². The van der Waals surface area contributed by atoms with Gasteiger partial charge in [-0.15, -0.1) is 11.3 Å². The van der Waals surface area contributed by atoms with E-state index in [9.17, 15) is 2.74 Å². The summed E-state index contributed by atoms with van der Waals surface area (Å²) in [5.74, 6) is 1.44. The van der Waals surface area contributed by atoms with Gasteiger partial charge in [-0.05, 0) is 48.5 Å². The lowest BCUT2D eigenvalue weighted by Crippen LogP contribution is -2.02. The van der Waals surface area contributed by atoms with Gasteiger partial charge < -0.3 is 8.98 Å². The Labute approximate surface area is 339 Å². The molecule has 0 aliphatic carbocycles. The summed E-state index contributed by atoms with van der Waals surface area (Å²) in [6.45, 7) is 0. The van der Waals surface area contributed by atoms with Crippen LogP contribution in [0.25, 0.3) is 115 Å². The van der Waals surface area contributed by atoms with Gasteiger partial charge in [0.1, 0.15) is 11.2 Å². The van der Waals surface area contributed by atoms with Crippen molar-refractivity contribution in [2.45, 2.75) is 0 Å². The van der Waals surface area contributed by atoms with Crippen LogP contribution in [0.15, 0.2) is 186 Å². The number of thiophene rings is 1. The van der Waals surface area contributed by atoms with E-state index in [-0.39, 0.29) is 58.1 Å². The lowest BCUT2D eigenvalue weighted by Gasteiger charge is -2.16. The number of furan rings is 1. The summed E-state index contributed by atoms with van der Waals surface area (Å²) in [4.78, 5) is 15.4. The van der Waals surface area contributed by atoms with Crippen LogP contribution in [0.1, 0.15) is 8.22 Å². The highest BCUT2D eigenvalue weighted by atomic mass is 32.1. The molecule has 0 fully saturated rings. The average Bonchev–Trinajstić information content (AvgIpc) is 4.01. The third-order valence-electron chi connectivity index (χ3n) is 10.6. The topological polar surface area (TPSA) is 56.7 Å². The molecule has 0 amide bonds. The van der Waals surface area contributed by atoms with E-state index in [1.807, 2.05) is 109 Å². The average molecular weight is 753 g/mol. The van der Waals surface area contributed by atoms with Gasteiger partial charge in [0.15, 0.2) is 17.5 Å². The summed E-state index contributed by atoms with van der Waals surface area (Å²) in [5.41, 5.74) is 6.12. The summed E-state index contributed by atoms with van der Waals surface area (Å²) in [5, 5.41) is 4.49. The van der Waals surface area contributed by atoms with Crippen molar-refractivity contribution in [3.8, 4) is 51.0 Å². The van der Waals surface area contributed by atoms with Gasteiger partial charge in [-0.2, -0.15) is 0 Å². The number of para-hydroxylation sites is 4. The van der Waals surface area contributed by atoms with Gasteiger partial charge in [-0.25, -0.2) is 15.0 Å². The Morgan fingerprint density at radius 1 is 0.474 bits per heavy atom. The van der Waals surface area contributed by atoms with Gasteiger partial charge in [-0.1, -0.05) is 133 Å². The first-order chi connectivity index (χ1) is 30.7. The van der Waals surface area contributed by atoms with E-state index in [0.29, 0.717) is 51.0 Å². The molecule has 0 saturated heterocycles. The van der Waals surface area contributed by atoms with E-state index < -0.39 is 0 Å². The van der Waals surface area contributed by atoms with Crippen molar-refractivity contribution in [2.24, 2.45) is 0 Å². The molecule has 12 aromatic rings. The van der Waals surface area contributed by atoms with Crippen LogP contribution in [0.3, 0.4) is 0 Å². The molecule has 4 heterocycles. The van der Waals surface area contributed by atoms with Crippen LogP contribution in [-0.4, -0.2) is 19.5 Å². The van der Waals surface area contributed by atoms with Crippen LogP contribution in [0.4, 0.5) is 0 Å². The molecule has 12 rings (SSSR count). The second kappa shape index (κ2) is 12.6. The fourth-order valence-electron chi connectivity index (χ4n) is 8.07. The first kappa shape index (κ1) is 26.4. The molecule has 4 aromatic heterocycles. The molecule has 0 unspecified atom stereocenters. The third kappa shape index (κ3) is 4.98. The van der Waals surface area contributed by atoms with Crippen molar-refractivity contribution in [1.82, 2.24) is 19.5 Å². The molecule has 0 aliphatic heterocycles. The van der Waals surface area contributed by atoms with Gasteiger partial charge in [0, 0.05) is 69.5 Å². The van der Waals surface area contributed by atoms with E-state index in [4.69, 9.17) is 24.9 Å². The van der Waals surface area contributed by atoms with E-state index in [1.54, 1.807) is 15.9 Å². The van der Waals surface area contributed by atoms with Crippen molar-refractivity contribution in [3.05, 3.63) is 182 Å². The highest BCUT2D eigenvalue weighted by Gasteiger charge is 2.22. The molecule has 8 aromatic carbocycles. The van der Waals surface area contributed by atoms with Crippen molar-refractivity contribution >= 4 is 75.3 Å². The zero-order valence-electron chi connectivity index (χ0n) is 36.0. The van der Waals surface area contributed by atoms with Gasteiger partial charge >= 0.3 is 0 Å². The number of hydrogen-bond acceptors (Lipinski definition) is 5. The molecule has 0 atom stereocenters. The maximum Gasteiger partial charge on any atom is 0.165 e. The largest absolute Gasteiger partial charge is 0.455 e. The smallest absolute Gasteiger partial charge is 0.165 e. The fraction of sp³-hybridized carbons (Fsp3) is 0. The Morgan fingerprint density at radius 3 is 1.93 bits per heavy atom. The summed E-state index contributed by atoms with van der Waals surface area (Å²) < 4.78 is 64.4. The zero-order valence-corrected chi connectivity index (χ0v) is 30.8. The van der Waals surface area contributed by atoms with Gasteiger partial charge in [0.25, 0.3) is 0 Å². The molecule has 57 heavy (non-hydrogen) atoms. The maximum atomic E-state index is 9.24. The molecule has 0 spiro atoms. The lowest BCUT2D eigenvalue weighted by molar-refractivity contribution is 0.670. The minimum atomic E-state index is -0.180. The fourth-order valence-corrected chi connectivity index (χ4v) is 9.28. The SMILES string of the molecule is [2H]c1cc([2H])c2c(c1[2H])c1c([2H])c([2H])cc([2H])c1n2-c1ccc(-c2nc(-c3ccccc3)nc(-c3cccc4c3sc3ccccc34)n2)cc1-c1cccc2c1oc1ccccc12. The molecule has 0 radical (unpaired) electrons. The molecule has 0 N–H and O–H groups in total. The highest BCUT2D eigenvalue weighted by Crippen LogP contribution is 2.43. The van der Waals surface area contributed by atoms with Crippen molar-refractivity contribution < 1.29 is 12.6 Å². The maximum absolute atomic E-state index is 9.24. The first-order valence-electron chi connectivity index (χ1n) is 21.5. The molecule has 266 valence electrons. The number of hydrogen-bond donors (Lipinski definition) is 0. The first-order valence-corrected chi connectivity index (χ1v) is 19.3. The molecular formula is C51H30N4OS. The Bertz CT molecular complexity index is 3830. The predicted octanol–water partition coefficient (Wildman–Crippen LogP) is 13.9. The van der Waals surface area contributed by atoms with Crippen LogP contribution in [0.2, 0.25) is 0 Å². The van der Waals surface area contributed by atoms with Crippen molar-refractivity contribution in [2.75, 3.05) is 0 Å². The van der Waals surface area contributed by atoms with Crippen molar-refractivity contribution in [1.29, 1.82) is 0 Å². The minimum Gasteiger partial charge on any atom is -0.455 e.